The topological polar surface area (TPSA) is 37.8 Å². The third-order valence-electron chi connectivity index (χ3n) is 3.24. The van der Waals surface area contributed by atoms with Gasteiger partial charge in [-0.3, -0.25) is 0 Å². The fraction of sp³-hybridized carbons (Fsp3) is 0.412. The van der Waals surface area contributed by atoms with Gasteiger partial charge >= 0.3 is 0 Å². The molecule has 0 saturated carbocycles. The van der Waals surface area contributed by atoms with Crippen molar-refractivity contribution >= 4 is 5.69 Å². The van der Waals surface area contributed by atoms with Crippen LogP contribution in [0.5, 0.6) is 0 Å². The lowest BCUT2D eigenvalue weighted by Gasteiger charge is -2.23. The molecule has 0 aliphatic heterocycles. The first-order valence-electron chi connectivity index (χ1n) is 6.95. The molecule has 1 N–H and O–H groups in total. The molecule has 106 valence electrons. The number of anilines is 1. The smallest absolute Gasteiger partial charge is 0.115 e. The third-order valence-corrected chi connectivity index (χ3v) is 3.24. The number of aromatic nitrogens is 2. The van der Waals surface area contributed by atoms with Gasteiger partial charge in [-0.15, -0.1) is 0 Å². The first-order chi connectivity index (χ1) is 9.28. The van der Waals surface area contributed by atoms with E-state index in [0.29, 0.717) is 0 Å². The fourth-order valence-corrected chi connectivity index (χ4v) is 2.44. The highest BCUT2D eigenvalue weighted by Gasteiger charge is 2.13. The van der Waals surface area contributed by atoms with Crippen LogP contribution in [0.25, 0.3) is 11.1 Å². The van der Waals surface area contributed by atoms with E-state index < -0.39 is 0 Å². The molecule has 20 heavy (non-hydrogen) atoms. The van der Waals surface area contributed by atoms with Crippen LogP contribution in [0, 0.1) is 20.8 Å². The third kappa shape index (κ3) is 3.16. The Morgan fingerprint density at radius 1 is 0.950 bits per heavy atom. The van der Waals surface area contributed by atoms with Crippen LogP contribution in [-0.4, -0.2) is 15.5 Å². The molecule has 1 heterocycles. The zero-order chi connectivity index (χ0) is 14.9. The Balaban J connectivity index is 2.45. The van der Waals surface area contributed by atoms with Gasteiger partial charge in [-0.2, -0.15) is 0 Å². The van der Waals surface area contributed by atoms with Crippen molar-refractivity contribution in [1.29, 1.82) is 0 Å². The molecule has 0 atom stereocenters. The van der Waals surface area contributed by atoms with Gasteiger partial charge in [0.25, 0.3) is 0 Å². The predicted molar refractivity (Wildman–Crippen MR) is 85.1 cm³/mol. The lowest BCUT2D eigenvalue weighted by molar-refractivity contribution is 0.634. The molecule has 2 aromatic rings. The summed E-state index contributed by atoms with van der Waals surface area (Å²) in [6.45, 7) is 12.7. The second-order valence-corrected chi connectivity index (χ2v) is 6.32. The standard InChI is InChI=1S/C17H23N3/c1-11-9-14(20-17(4,5)6)7-8-15(11)16-12(2)18-10-19-13(16)3/h7-10,20H,1-6H3. The van der Waals surface area contributed by atoms with Gasteiger partial charge in [-0.05, 0) is 64.8 Å². The van der Waals surface area contributed by atoms with Crippen molar-refractivity contribution < 1.29 is 0 Å². The lowest BCUT2D eigenvalue weighted by Crippen LogP contribution is -2.26. The quantitative estimate of drug-likeness (QED) is 0.884. The maximum atomic E-state index is 4.31. The average Bonchev–Trinajstić information content (AvgIpc) is 2.29. The van der Waals surface area contributed by atoms with Crippen LogP contribution >= 0.6 is 0 Å². The second kappa shape index (κ2) is 5.23. The number of nitrogens with zero attached hydrogens (tertiary/aromatic N) is 2. The van der Waals surface area contributed by atoms with Crippen LogP contribution in [0.2, 0.25) is 0 Å². The molecule has 0 saturated heterocycles. The Labute approximate surface area is 121 Å². The number of hydrogen-bond acceptors (Lipinski definition) is 3. The molecule has 0 aliphatic rings. The molecule has 0 unspecified atom stereocenters. The van der Waals surface area contributed by atoms with Gasteiger partial charge in [-0.1, -0.05) is 6.07 Å². The van der Waals surface area contributed by atoms with Crippen LogP contribution in [-0.2, 0) is 0 Å². The van der Waals surface area contributed by atoms with E-state index in [0.717, 1.165) is 22.6 Å². The summed E-state index contributed by atoms with van der Waals surface area (Å²) in [6.07, 6.45) is 1.62. The van der Waals surface area contributed by atoms with Gasteiger partial charge in [0.05, 0.1) is 0 Å². The van der Waals surface area contributed by atoms with E-state index in [1.807, 2.05) is 13.8 Å². The molecule has 2 rings (SSSR count). The van der Waals surface area contributed by atoms with E-state index >= 15 is 0 Å². The summed E-state index contributed by atoms with van der Waals surface area (Å²) in [5.41, 5.74) is 6.85. The molecule has 0 amide bonds. The van der Waals surface area contributed by atoms with Crippen molar-refractivity contribution in [3.8, 4) is 11.1 Å². The van der Waals surface area contributed by atoms with Crippen LogP contribution in [0.15, 0.2) is 24.5 Å². The molecule has 0 radical (unpaired) electrons. The molecule has 0 spiro atoms. The summed E-state index contributed by atoms with van der Waals surface area (Å²) >= 11 is 0. The van der Waals surface area contributed by atoms with Gasteiger partial charge in [-0.25, -0.2) is 9.97 Å². The van der Waals surface area contributed by atoms with Crippen molar-refractivity contribution in [1.82, 2.24) is 9.97 Å². The van der Waals surface area contributed by atoms with E-state index in [4.69, 9.17) is 0 Å². The molecule has 3 nitrogen and oxygen atoms in total. The monoisotopic (exact) mass is 269 g/mol. The predicted octanol–water partition coefficient (Wildman–Crippen LogP) is 4.28. The number of nitrogens with one attached hydrogen (secondary N) is 1. The molecule has 3 heteroatoms. The molecule has 0 aliphatic carbocycles. The maximum absolute atomic E-state index is 4.31. The zero-order valence-corrected chi connectivity index (χ0v) is 13.2. The van der Waals surface area contributed by atoms with Crippen molar-refractivity contribution in [3.63, 3.8) is 0 Å². The van der Waals surface area contributed by atoms with Gasteiger partial charge in [0.1, 0.15) is 6.33 Å². The van der Waals surface area contributed by atoms with Crippen LogP contribution in [0.1, 0.15) is 37.7 Å². The van der Waals surface area contributed by atoms with Crippen LogP contribution in [0.3, 0.4) is 0 Å². The van der Waals surface area contributed by atoms with Gasteiger partial charge in [0, 0.05) is 28.2 Å². The van der Waals surface area contributed by atoms with Gasteiger partial charge < -0.3 is 5.32 Å². The fourth-order valence-electron chi connectivity index (χ4n) is 2.44. The molecule has 0 fully saturated rings. The van der Waals surface area contributed by atoms with Crippen molar-refractivity contribution in [2.24, 2.45) is 0 Å². The van der Waals surface area contributed by atoms with Crippen molar-refractivity contribution in [3.05, 3.63) is 41.5 Å². The zero-order valence-electron chi connectivity index (χ0n) is 13.2. The average molecular weight is 269 g/mol. The first kappa shape index (κ1) is 14.5. The highest BCUT2D eigenvalue weighted by molar-refractivity contribution is 5.73. The Hall–Kier alpha value is -1.90. The molecular weight excluding hydrogens is 246 g/mol. The summed E-state index contributed by atoms with van der Waals surface area (Å²) < 4.78 is 0. The maximum Gasteiger partial charge on any atom is 0.115 e. The summed E-state index contributed by atoms with van der Waals surface area (Å²) in [5, 5.41) is 3.50. The minimum atomic E-state index is 0.0651. The largest absolute Gasteiger partial charge is 0.380 e. The van der Waals surface area contributed by atoms with Gasteiger partial charge in [0.15, 0.2) is 0 Å². The number of benzene rings is 1. The summed E-state index contributed by atoms with van der Waals surface area (Å²) in [4.78, 5) is 8.63. The molecular formula is C17H23N3. The summed E-state index contributed by atoms with van der Waals surface area (Å²) in [7, 11) is 0. The lowest BCUT2D eigenvalue weighted by atomic mass is 9.97. The van der Waals surface area contributed by atoms with E-state index in [1.165, 1.54) is 11.1 Å². The Morgan fingerprint density at radius 2 is 1.55 bits per heavy atom. The van der Waals surface area contributed by atoms with Crippen molar-refractivity contribution in [2.45, 2.75) is 47.1 Å². The molecule has 0 bridgehead atoms. The highest BCUT2D eigenvalue weighted by atomic mass is 14.9. The Morgan fingerprint density at radius 3 is 2.05 bits per heavy atom. The second-order valence-electron chi connectivity index (χ2n) is 6.32. The van der Waals surface area contributed by atoms with Crippen LogP contribution in [0.4, 0.5) is 5.69 Å². The summed E-state index contributed by atoms with van der Waals surface area (Å²) in [6, 6.07) is 6.47. The number of rotatable bonds is 2. The Bertz CT molecular complexity index is 604. The SMILES string of the molecule is Cc1cc(NC(C)(C)C)ccc1-c1c(C)ncnc1C. The van der Waals surface area contributed by atoms with Crippen LogP contribution < -0.4 is 5.32 Å². The van der Waals surface area contributed by atoms with E-state index in [2.05, 4.69) is 61.2 Å². The Kier molecular flexibility index (Phi) is 3.80. The first-order valence-corrected chi connectivity index (χ1v) is 6.95. The van der Waals surface area contributed by atoms with E-state index in [9.17, 15) is 0 Å². The highest BCUT2D eigenvalue weighted by Crippen LogP contribution is 2.30. The van der Waals surface area contributed by atoms with Crippen molar-refractivity contribution in [2.75, 3.05) is 5.32 Å². The minimum Gasteiger partial charge on any atom is -0.380 e. The normalized spacial score (nSPS) is 11.5. The summed E-state index contributed by atoms with van der Waals surface area (Å²) in [5.74, 6) is 0. The van der Waals surface area contributed by atoms with Gasteiger partial charge in [0.2, 0.25) is 0 Å². The molecule has 1 aromatic heterocycles. The minimum absolute atomic E-state index is 0.0651. The van der Waals surface area contributed by atoms with E-state index in [1.54, 1.807) is 6.33 Å². The number of hydrogen-bond donors (Lipinski definition) is 1. The molecule has 1 aromatic carbocycles. The number of aryl methyl sites for hydroxylation is 3. The van der Waals surface area contributed by atoms with E-state index in [-0.39, 0.29) is 5.54 Å².